The van der Waals surface area contributed by atoms with E-state index >= 15 is 0 Å². The van der Waals surface area contributed by atoms with Gasteiger partial charge in [-0.2, -0.15) is 17.5 Å². The minimum atomic E-state index is -5.50. The molecule has 2 bridgehead atoms. The van der Waals surface area contributed by atoms with Gasteiger partial charge in [-0.05, 0) is 60.8 Å². The molecule has 8 nitrogen and oxygen atoms in total. The Bertz CT molecular complexity index is 1180. The highest BCUT2D eigenvalue weighted by Gasteiger charge is 2.63. The number of H-pyrrole nitrogens is 1. The monoisotopic (exact) mass is 511 g/mol. The smallest absolute Gasteiger partial charge is 0.361 e. The highest BCUT2D eigenvalue weighted by atomic mass is 32.2. The van der Waals surface area contributed by atoms with Crippen LogP contribution in [0.5, 0.6) is 0 Å². The first-order valence-corrected chi connectivity index (χ1v) is 13.4. The first-order chi connectivity index (χ1) is 16.7. The lowest BCUT2D eigenvalue weighted by Gasteiger charge is -2.67. The summed E-state index contributed by atoms with van der Waals surface area (Å²) < 4.78 is 72.9. The van der Waals surface area contributed by atoms with Gasteiger partial charge >= 0.3 is 15.5 Å². The normalized spacial score (nSPS) is 29.2. The third-order valence-electron chi connectivity index (χ3n) is 8.12. The number of hydrogen-bond donors (Lipinski definition) is 1. The summed E-state index contributed by atoms with van der Waals surface area (Å²) in [5, 5.41) is 0. The molecule has 3 saturated carbocycles. The fraction of sp³-hybridized carbons (Fsp3) is 0.609. The van der Waals surface area contributed by atoms with Gasteiger partial charge < -0.3 is 19.5 Å². The fourth-order valence-electron chi connectivity index (χ4n) is 6.25. The number of aromatic amines is 1. The first kappa shape index (κ1) is 23.1. The summed E-state index contributed by atoms with van der Waals surface area (Å²) in [4.78, 5) is 11.3. The number of benzene rings is 1. The van der Waals surface area contributed by atoms with Crippen LogP contribution < -0.4 is 9.80 Å². The second kappa shape index (κ2) is 8.10. The number of hydrogen-bond acceptors (Lipinski definition) is 6. The number of alkyl halides is 3. The summed E-state index contributed by atoms with van der Waals surface area (Å²) in [6, 6.07) is 5.35. The first-order valence-electron chi connectivity index (χ1n) is 11.9. The van der Waals surface area contributed by atoms with E-state index in [1.807, 2.05) is 23.1 Å². The third-order valence-corrected chi connectivity index (χ3v) is 9.66. The van der Waals surface area contributed by atoms with E-state index in [-0.39, 0.29) is 24.5 Å². The van der Waals surface area contributed by atoms with Crippen LogP contribution in [-0.4, -0.2) is 60.7 Å². The molecule has 5 aliphatic rings. The van der Waals surface area contributed by atoms with E-state index in [4.69, 9.17) is 4.74 Å². The Morgan fingerprint density at radius 3 is 2.63 bits per heavy atom. The van der Waals surface area contributed by atoms with Gasteiger partial charge in [0.1, 0.15) is 6.73 Å². The molecular weight excluding hydrogens is 483 g/mol. The largest absolute Gasteiger partial charge is 0.511 e. The molecule has 0 amide bonds. The zero-order valence-corrected chi connectivity index (χ0v) is 20.0. The van der Waals surface area contributed by atoms with Crippen molar-refractivity contribution >= 4 is 21.4 Å². The molecule has 1 aromatic carbocycles. The van der Waals surface area contributed by atoms with Crippen molar-refractivity contribution in [3.63, 3.8) is 0 Å². The van der Waals surface area contributed by atoms with Crippen molar-refractivity contribution in [1.29, 1.82) is 0 Å². The predicted octanol–water partition coefficient (Wildman–Crippen LogP) is 3.43. The van der Waals surface area contributed by atoms with Crippen LogP contribution in [0.3, 0.4) is 0 Å². The average molecular weight is 512 g/mol. The molecule has 0 radical (unpaired) electrons. The van der Waals surface area contributed by atoms with E-state index in [1.54, 1.807) is 12.5 Å². The van der Waals surface area contributed by atoms with Crippen molar-refractivity contribution in [1.82, 2.24) is 14.3 Å². The van der Waals surface area contributed by atoms with Gasteiger partial charge in [-0.1, -0.05) is 0 Å². The van der Waals surface area contributed by atoms with E-state index in [0.29, 0.717) is 35.7 Å². The molecule has 3 heterocycles. The van der Waals surface area contributed by atoms with E-state index in [0.717, 1.165) is 49.3 Å². The van der Waals surface area contributed by atoms with Crippen LogP contribution in [0, 0.1) is 11.3 Å². The third kappa shape index (κ3) is 3.80. The molecule has 12 heteroatoms. The zero-order chi connectivity index (χ0) is 24.4. The summed E-state index contributed by atoms with van der Waals surface area (Å²) in [5.41, 5.74) is -2.53. The number of sulfonamides is 1. The van der Waals surface area contributed by atoms with Crippen LogP contribution in [0.4, 0.5) is 24.5 Å². The summed E-state index contributed by atoms with van der Waals surface area (Å²) in [6.45, 7) is 1.73. The van der Waals surface area contributed by atoms with Crippen molar-refractivity contribution < 1.29 is 26.3 Å². The number of nitrogens with one attached hydrogen (secondary N) is 1. The van der Waals surface area contributed by atoms with Crippen LogP contribution >= 0.6 is 0 Å². The lowest BCUT2D eigenvalue weighted by Crippen LogP contribution is -2.66. The summed E-state index contributed by atoms with van der Waals surface area (Å²) >= 11 is 0. The number of rotatable bonds is 5. The Labute approximate surface area is 202 Å². The molecule has 1 saturated heterocycles. The average Bonchev–Trinajstić information content (AvgIpc) is 3.22. The molecule has 2 aliphatic heterocycles. The molecule has 3 aliphatic carbocycles. The quantitative estimate of drug-likeness (QED) is 0.663. The molecule has 1 atom stereocenters. The van der Waals surface area contributed by atoms with Crippen molar-refractivity contribution in [2.24, 2.45) is 11.3 Å². The molecule has 1 N–H and O–H groups in total. The van der Waals surface area contributed by atoms with Gasteiger partial charge in [0.05, 0.1) is 25.2 Å². The van der Waals surface area contributed by atoms with Crippen LogP contribution in [0.25, 0.3) is 0 Å². The second-order valence-corrected chi connectivity index (χ2v) is 12.2. The number of anilines is 2. The summed E-state index contributed by atoms with van der Waals surface area (Å²) in [6.07, 6.45) is 6.90. The van der Waals surface area contributed by atoms with Crippen LogP contribution in [0.1, 0.15) is 36.9 Å². The molecule has 0 unspecified atom stereocenters. The van der Waals surface area contributed by atoms with Gasteiger partial charge in [-0.15, -0.1) is 0 Å². The minimum absolute atomic E-state index is 0.162. The van der Waals surface area contributed by atoms with Crippen molar-refractivity contribution in [3.8, 4) is 0 Å². The van der Waals surface area contributed by atoms with Gasteiger partial charge in [0.15, 0.2) is 0 Å². The van der Waals surface area contributed by atoms with E-state index < -0.39 is 15.5 Å². The second-order valence-electron chi connectivity index (χ2n) is 10.3. The lowest BCUT2D eigenvalue weighted by atomic mass is 9.41. The Morgan fingerprint density at radius 2 is 2.03 bits per heavy atom. The van der Waals surface area contributed by atoms with Crippen LogP contribution in [0.2, 0.25) is 0 Å². The summed E-state index contributed by atoms with van der Waals surface area (Å²) in [5.74, 6) is 0.598. The van der Waals surface area contributed by atoms with Gasteiger partial charge in [0.2, 0.25) is 0 Å². The van der Waals surface area contributed by atoms with Gasteiger partial charge in [0.25, 0.3) is 0 Å². The zero-order valence-electron chi connectivity index (χ0n) is 19.2. The molecule has 4 fully saturated rings. The highest BCUT2D eigenvalue weighted by Crippen LogP contribution is 2.67. The SMILES string of the molecule is O=S(=O)(N1Cc2cc(N3CCCOC3)ccc2N(Cc2cnc[nH]2)[C@H](C23CC(C2)C3)C1)C(F)(F)F. The lowest BCUT2D eigenvalue weighted by molar-refractivity contribution is -0.129. The maximum atomic E-state index is 13.7. The van der Waals surface area contributed by atoms with E-state index in [1.165, 1.54) is 0 Å². The van der Waals surface area contributed by atoms with Crippen LogP contribution in [-0.2, 0) is 27.8 Å². The minimum Gasteiger partial charge on any atom is -0.361 e. The van der Waals surface area contributed by atoms with Crippen molar-refractivity contribution in [2.45, 2.75) is 50.3 Å². The van der Waals surface area contributed by atoms with E-state index in [9.17, 15) is 21.6 Å². The number of nitrogens with zero attached hydrogens (tertiary/aromatic N) is 4. The number of imidazole rings is 1. The Kier molecular flexibility index (Phi) is 5.35. The fourth-order valence-corrected chi connectivity index (χ4v) is 7.19. The number of aromatic nitrogens is 2. The molecule has 1 aromatic heterocycles. The molecule has 190 valence electrons. The van der Waals surface area contributed by atoms with Gasteiger partial charge in [-0.25, -0.2) is 13.4 Å². The Balaban J connectivity index is 1.45. The predicted molar refractivity (Wildman–Crippen MR) is 123 cm³/mol. The topological polar surface area (TPSA) is 81.8 Å². The number of fused-ring (bicyclic) bond motifs is 1. The van der Waals surface area contributed by atoms with Gasteiger partial charge in [-0.3, -0.25) is 0 Å². The maximum absolute atomic E-state index is 13.7. The van der Waals surface area contributed by atoms with Gasteiger partial charge in [0, 0.05) is 43.2 Å². The van der Waals surface area contributed by atoms with E-state index in [2.05, 4.69) is 14.9 Å². The highest BCUT2D eigenvalue weighted by molar-refractivity contribution is 7.89. The van der Waals surface area contributed by atoms with Crippen molar-refractivity contribution in [3.05, 3.63) is 42.0 Å². The standard InChI is InChI=1S/C23H28F3N5O3S/c24-23(25,26)35(32,33)30-11-17-6-19(29-4-1-5-34-15-29)2-3-20(17)31(12-18-10-27-14-28-18)21(13-30)22-7-16(8-22)9-22/h2-3,6,10,14,16,21H,1,4-5,7-9,11-13,15H2,(H,27,28)/t16?,21-,22?/m0/s1. The number of halogens is 3. The Morgan fingerprint density at radius 1 is 1.23 bits per heavy atom. The molecule has 2 aromatic rings. The van der Waals surface area contributed by atoms with Crippen molar-refractivity contribution in [2.75, 3.05) is 36.2 Å². The molecule has 35 heavy (non-hydrogen) atoms. The van der Waals surface area contributed by atoms with Crippen LogP contribution in [0.15, 0.2) is 30.7 Å². The molecule has 7 rings (SSSR count). The Hall–Kier alpha value is -2.31. The maximum Gasteiger partial charge on any atom is 0.511 e. The molecular formula is C23H28F3N5O3S. The number of ether oxygens (including phenoxy) is 1. The molecule has 0 spiro atoms. The summed E-state index contributed by atoms with van der Waals surface area (Å²) in [7, 11) is -5.50.